The third-order valence-electron chi connectivity index (χ3n) is 3.28. The van der Waals surface area contributed by atoms with E-state index in [2.05, 4.69) is 5.32 Å². The van der Waals surface area contributed by atoms with E-state index < -0.39 is 6.09 Å². The van der Waals surface area contributed by atoms with Gasteiger partial charge >= 0.3 is 6.09 Å². The normalized spacial score (nSPS) is 16.6. The predicted octanol–water partition coefficient (Wildman–Crippen LogP) is 1.83. The Bertz CT molecular complexity index is 557. The summed E-state index contributed by atoms with van der Waals surface area (Å²) in [5.74, 6) is -0.0378. The second kappa shape index (κ2) is 5.96. The molecule has 1 aromatic rings. The Kier molecular flexibility index (Phi) is 4.29. The van der Waals surface area contributed by atoms with Crippen LogP contribution in [-0.2, 0) is 16.1 Å². The number of benzene rings is 1. The van der Waals surface area contributed by atoms with Gasteiger partial charge in [0.1, 0.15) is 6.61 Å². The van der Waals surface area contributed by atoms with E-state index in [4.69, 9.17) is 4.74 Å². The fraction of sp³-hybridized carbons (Fsp3) is 0.286. The molecule has 0 aliphatic carbocycles. The number of nitrogens with zero attached hydrogens (tertiary/aromatic N) is 1. The van der Waals surface area contributed by atoms with Crippen LogP contribution in [0.1, 0.15) is 12.0 Å². The number of hydrogen-bond donors (Lipinski definition) is 1. The van der Waals surface area contributed by atoms with Crippen LogP contribution >= 0.6 is 12.4 Å². The lowest BCUT2D eigenvalue weighted by atomic mass is 10.2. The average molecular weight is 295 g/mol. The zero-order chi connectivity index (χ0) is 13.2. The molecule has 2 aliphatic rings. The van der Waals surface area contributed by atoms with Gasteiger partial charge in [0.25, 0.3) is 0 Å². The molecule has 1 N–H and O–H groups in total. The Labute approximate surface area is 123 Å². The van der Waals surface area contributed by atoms with Gasteiger partial charge in [-0.05, 0) is 5.56 Å². The minimum atomic E-state index is -0.453. The van der Waals surface area contributed by atoms with E-state index in [0.29, 0.717) is 18.7 Å². The maximum atomic E-state index is 12.0. The van der Waals surface area contributed by atoms with Gasteiger partial charge in [-0.2, -0.15) is 0 Å². The molecule has 5 nitrogen and oxygen atoms in total. The molecule has 106 valence electrons. The highest BCUT2D eigenvalue weighted by molar-refractivity contribution is 6.02. The molecule has 1 aromatic carbocycles. The van der Waals surface area contributed by atoms with Gasteiger partial charge < -0.3 is 10.1 Å². The van der Waals surface area contributed by atoms with Gasteiger partial charge in [0, 0.05) is 13.0 Å². The van der Waals surface area contributed by atoms with Crippen LogP contribution in [0.4, 0.5) is 4.79 Å². The Hall–Kier alpha value is -2.01. The van der Waals surface area contributed by atoms with E-state index >= 15 is 0 Å². The fourth-order valence-corrected chi connectivity index (χ4v) is 2.35. The first-order chi connectivity index (χ1) is 9.25. The molecule has 0 saturated carbocycles. The largest absolute Gasteiger partial charge is 0.444 e. The Balaban J connectivity index is 0.00000147. The molecule has 20 heavy (non-hydrogen) atoms. The molecule has 0 radical (unpaired) electrons. The molecule has 0 unspecified atom stereocenters. The van der Waals surface area contributed by atoms with E-state index in [1.54, 1.807) is 0 Å². The molecule has 2 heterocycles. The first-order valence-electron chi connectivity index (χ1n) is 6.24. The number of carbonyl (C=O) groups is 2. The molecule has 1 amide bonds. The summed E-state index contributed by atoms with van der Waals surface area (Å²) >= 11 is 0. The van der Waals surface area contributed by atoms with Gasteiger partial charge in [-0.3, -0.25) is 9.69 Å². The summed E-state index contributed by atoms with van der Waals surface area (Å²) in [5.41, 5.74) is 2.28. The summed E-state index contributed by atoms with van der Waals surface area (Å²) in [7, 11) is 0. The van der Waals surface area contributed by atoms with Crippen molar-refractivity contribution < 1.29 is 14.3 Å². The molecule has 0 atom stereocenters. The maximum absolute atomic E-state index is 12.0. The third-order valence-corrected chi connectivity index (χ3v) is 3.28. The quantitative estimate of drug-likeness (QED) is 0.904. The molecular formula is C14H15ClN2O3. The van der Waals surface area contributed by atoms with E-state index in [1.165, 1.54) is 4.90 Å². The number of hydrogen-bond acceptors (Lipinski definition) is 4. The summed E-state index contributed by atoms with van der Waals surface area (Å²) in [6.45, 7) is 1.02. The fourth-order valence-electron chi connectivity index (χ4n) is 2.35. The standard InChI is InChI=1S/C14H14N2O3.ClH/c17-12-8-16(11-6-7-15-13(11)12)14(18)19-9-10-4-2-1-3-5-10;/h1-5,15H,6-9H2;1H. The van der Waals surface area contributed by atoms with Crippen LogP contribution in [0.2, 0.25) is 0 Å². The van der Waals surface area contributed by atoms with Crippen molar-refractivity contribution in [3.8, 4) is 0 Å². The van der Waals surface area contributed by atoms with Crippen molar-refractivity contribution in [2.24, 2.45) is 0 Å². The highest BCUT2D eigenvalue weighted by atomic mass is 35.5. The number of nitrogens with one attached hydrogen (secondary N) is 1. The summed E-state index contributed by atoms with van der Waals surface area (Å²) in [4.78, 5) is 25.1. The Morgan fingerprint density at radius 3 is 2.80 bits per heavy atom. The summed E-state index contributed by atoms with van der Waals surface area (Å²) in [5, 5.41) is 3.01. The highest BCUT2D eigenvalue weighted by Crippen LogP contribution is 2.26. The summed E-state index contributed by atoms with van der Waals surface area (Å²) in [6.07, 6.45) is 0.243. The van der Waals surface area contributed by atoms with Crippen molar-refractivity contribution in [1.82, 2.24) is 10.2 Å². The molecule has 3 rings (SSSR count). The van der Waals surface area contributed by atoms with Crippen molar-refractivity contribution in [3.05, 3.63) is 47.3 Å². The van der Waals surface area contributed by atoms with Crippen LogP contribution in [0.15, 0.2) is 41.7 Å². The van der Waals surface area contributed by atoms with Gasteiger partial charge in [-0.15, -0.1) is 12.4 Å². The summed E-state index contributed by atoms with van der Waals surface area (Å²) < 4.78 is 5.24. The average Bonchev–Trinajstić information content (AvgIpc) is 3.02. The first kappa shape index (κ1) is 14.4. The molecule has 0 spiro atoms. The molecule has 2 aliphatic heterocycles. The highest BCUT2D eigenvalue weighted by Gasteiger charge is 2.37. The van der Waals surface area contributed by atoms with Crippen molar-refractivity contribution in [3.63, 3.8) is 0 Å². The predicted molar refractivity (Wildman–Crippen MR) is 75.2 cm³/mol. The smallest absolute Gasteiger partial charge is 0.414 e. The van der Waals surface area contributed by atoms with Crippen molar-refractivity contribution >= 4 is 24.3 Å². The van der Waals surface area contributed by atoms with Gasteiger partial charge in [0.05, 0.1) is 17.9 Å². The van der Waals surface area contributed by atoms with Crippen molar-refractivity contribution in [2.45, 2.75) is 13.0 Å². The molecular weight excluding hydrogens is 280 g/mol. The minimum Gasteiger partial charge on any atom is -0.444 e. The monoisotopic (exact) mass is 294 g/mol. The van der Waals surface area contributed by atoms with E-state index in [0.717, 1.165) is 11.3 Å². The van der Waals surface area contributed by atoms with Crippen LogP contribution in [-0.4, -0.2) is 29.9 Å². The van der Waals surface area contributed by atoms with Crippen LogP contribution in [0.5, 0.6) is 0 Å². The number of Topliss-reactive ketones (excluding diaryl/α,β-unsaturated/α-hetero) is 1. The number of halogens is 1. The Morgan fingerprint density at radius 2 is 2.05 bits per heavy atom. The molecule has 0 fully saturated rings. The number of ketones is 1. The topological polar surface area (TPSA) is 58.6 Å². The molecule has 0 saturated heterocycles. The van der Waals surface area contributed by atoms with E-state index in [1.807, 2.05) is 30.3 Å². The second-order valence-electron chi connectivity index (χ2n) is 4.55. The van der Waals surface area contributed by atoms with Crippen LogP contribution in [0.3, 0.4) is 0 Å². The number of rotatable bonds is 2. The van der Waals surface area contributed by atoms with Crippen LogP contribution in [0, 0.1) is 0 Å². The number of carbonyl (C=O) groups excluding carboxylic acids is 2. The third kappa shape index (κ3) is 2.63. The lowest BCUT2D eigenvalue weighted by Gasteiger charge is -2.17. The van der Waals surface area contributed by atoms with Gasteiger partial charge in [0.15, 0.2) is 5.78 Å². The van der Waals surface area contributed by atoms with Gasteiger partial charge in [-0.1, -0.05) is 30.3 Å². The number of ether oxygens (including phenoxy) is 1. The van der Waals surface area contributed by atoms with Crippen LogP contribution in [0.25, 0.3) is 0 Å². The minimum absolute atomic E-state index is 0. The van der Waals surface area contributed by atoms with Gasteiger partial charge in [-0.25, -0.2) is 4.79 Å². The van der Waals surface area contributed by atoms with E-state index in [9.17, 15) is 9.59 Å². The zero-order valence-electron chi connectivity index (χ0n) is 10.8. The summed E-state index contributed by atoms with van der Waals surface area (Å²) in [6, 6.07) is 9.48. The van der Waals surface area contributed by atoms with Gasteiger partial charge in [0.2, 0.25) is 0 Å². The first-order valence-corrected chi connectivity index (χ1v) is 6.24. The number of amides is 1. The zero-order valence-corrected chi connectivity index (χ0v) is 11.6. The molecule has 0 aromatic heterocycles. The maximum Gasteiger partial charge on any atom is 0.414 e. The SMILES string of the molecule is Cl.O=C1CN(C(=O)OCc2ccccc2)C2=C1NCC2. The van der Waals surface area contributed by atoms with Crippen LogP contribution < -0.4 is 5.32 Å². The Morgan fingerprint density at radius 1 is 1.30 bits per heavy atom. The van der Waals surface area contributed by atoms with E-state index in [-0.39, 0.29) is 31.3 Å². The lowest BCUT2D eigenvalue weighted by molar-refractivity contribution is -0.115. The van der Waals surface area contributed by atoms with Crippen molar-refractivity contribution in [2.75, 3.05) is 13.1 Å². The second-order valence-corrected chi connectivity index (χ2v) is 4.55. The molecule has 0 bridgehead atoms. The molecule has 6 heteroatoms. The lowest BCUT2D eigenvalue weighted by Crippen LogP contribution is -2.31. The van der Waals surface area contributed by atoms with Crippen molar-refractivity contribution in [1.29, 1.82) is 0 Å².